The van der Waals surface area contributed by atoms with E-state index < -0.39 is 5.69 Å². The van der Waals surface area contributed by atoms with E-state index in [2.05, 4.69) is 0 Å². The maximum Gasteiger partial charge on any atom is 0.332 e. The number of hydrogen-bond acceptors (Lipinski definition) is 6. The maximum absolute atomic E-state index is 13.1. The summed E-state index contributed by atoms with van der Waals surface area (Å²) in [4.78, 5) is 27.9. The van der Waals surface area contributed by atoms with Gasteiger partial charge in [0.25, 0.3) is 5.56 Å². The number of nitrogens with two attached hydrogens (primary N) is 1. The van der Waals surface area contributed by atoms with Crippen LogP contribution in [0.1, 0.15) is 18.9 Å². The van der Waals surface area contributed by atoms with Crippen LogP contribution in [0.25, 0.3) is 0 Å². The minimum absolute atomic E-state index is 0.160. The second-order valence-electron chi connectivity index (χ2n) is 6.89. The van der Waals surface area contributed by atoms with Crippen molar-refractivity contribution < 1.29 is 9.47 Å². The summed E-state index contributed by atoms with van der Waals surface area (Å²) in [5.41, 5.74) is 6.99. The van der Waals surface area contributed by atoms with Crippen molar-refractivity contribution in [3.05, 3.63) is 50.7 Å². The molecule has 3 rings (SSSR count). The minimum Gasteiger partial charge on any atom is -0.492 e. The first-order valence-electron chi connectivity index (χ1n) is 9.68. The van der Waals surface area contributed by atoms with Gasteiger partial charge in [0.15, 0.2) is 0 Å². The van der Waals surface area contributed by atoms with Gasteiger partial charge in [0.1, 0.15) is 23.9 Å². The van der Waals surface area contributed by atoms with Crippen molar-refractivity contribution in [1.82, 2.24) is 9.13 Å². The molecule has 152 valence electrons. The van der Waals surface area contributed by atoms with Crippen LogP contribution in [0.2, 0.25) is 0 Å². The third-order valence-corrected chi connectivity index (χ3v) is 4.82. The first-order valence-corrected chi connectivity index (χ1v) is 9.68. The Morgan fingerprint density at radius 3 is 2.39 bits per heavy atom. The van der Waals surface area contributed by atoms with Crippen molar-refractivity contribution in [2.75, 3.05) is 43.5 Å². The summed E-state index contributed by atoms with van der Waals surface area (Å²) in [6, 6.07) is 7.65. The van der Waals surface area contributed by atoms with E-state index >= 15 is 0 Å². The van der Waals surface area contributed by atoms with Gasteiger partial charge in [0.05, 0.1) is 19.8 Å². The van der Waals surface area contributed by atoms with Crippen LogP contribution in [0.15, 0.2) is 33.9 Å². The van der Waals surface area contributed by atoms with Gasteiger partial charge in [-0.15, -0.1) is 0 Å². The number of ether oxygens (including phenoxy) is 2. The molecule has 1 aromatic carbocycles. The van der Waals surface area contributed by atoms with Crippen LogP contribution >= 0.6 is 0 Å². The van der Waals surface area contributed by atoms with E-state index in [9.17, 15) is 9.59 Å². The molecule has 0 aliphatic carbocycles. The molecule has 1 saturated heterocycles. The number of anilines is 2. The van der Waals surface area contributed by atoms with Crippen molar-refractivity contribution in [2.45, 2.75) is 33.4 Å². The Morgan fingerprint density at radius 2 is 1.75 bits per heavy atom. The van der Waals surface area contributed by atoms with E-state index in [-0.39, 0.29) is 24.5 Å². The van der Waals surface area contributed by atoms with Crippen molar-refractivity contribution in [3.63, 3.8) is 0 Å². The summed E-state index contributed by atoms with van der Waals surface area (Å²) < 4.78 is 13.8. The monoisotopic (exact) mass is 388 g/mol. The Morgan fingerprint density at radius 1 is 1.07 bits per heavy atom. The molecular formula is C20H28N4O4. The van der Waals surface area contributed by atoms with Gasteiger partial charge in [-0.05, 0) is 25.5 Å². The predicted octanol–water partition coefficient (Wildman–Crippen LogP) is 1.23. The molecule has 1 aliphatic rings. The number of morpholine rings is 1. The molecule has 0 radical (unpaired) electrons. The largest absolute Gasteiger partial charge is 0.492 e. The zero-order valence-electron chi connectivity index (χ0n) is 16.5. The average molecular weight is 388 g/mol. The molecule has 2 N–H and O–H groups in total. The van der Waals surface area contributed by atoms with E-state index in [1.807, 2.05) is 43.0 Å². The molecule has 1 aliphatic heterocycles. The highest BCUT2D eigenvalue weighted by atomic mass is 16.5. The van der Waals surface area contributed by atoms with Crippen LogP contribution in [0.3, 0.4) is 0 Å². The number of nitrogens with zero attached hydrogens (tertiary/aromatic N) is 3. The van der Waals surface area contributed by atoms with E-state index in [1.165, 1.54) is 9.13 Å². The van der Waals surface area contributed by atoms with Crippen LogP contribution in [0.4, 0.5) is 11.5 Å². The lowest BCUT2D eigenvalue weighted by atomic mass is 10.2. The van der Waals surface area contributed by atoms with E-state index in [0.29, 0.717) is 44.3 Å². The molecule has 2 heterocycles. The molecule has 0 bridgehead atoms. The van der Waals surface area contributed by atoms with E-state index in [4.69, 9.17) is 15.2 Å². The molecule has 1 fully saturated rings. The standard InChI is InChI=1S/C20H28N4O4/c1-3-8-23-18(21)17(22-9-12-27-13-10-22)19(25)24(20(23)26)11-14-28-16-6-4-15(2)5-7-16/h4-7H,3,8-14,21H2,1-2H3. The Balaban J connectivity index is 1.90. The fourth-order valence-electron chi connectivity index (χ4n) is 3.31. The highest BCUT2D eigenvalue weighted by Gasteiger charge is 2.23. The normalized spacial score (nSPS) is 14.3. The van der Waals surface area contributed by atoms with Crippen LogP contribution in [0.5, 0.6) is 5.75 Å². The molecule has 0 atom stereocenters. The molecule has 28 heavy (non-hydrogen) atoms. The number of hydrogen-bond donors (Lipinski definition) is 1. The minimum atomic E-state index is -0.395. The molecular weight excluding hydrogens is 360 g/mol. The third-order valence-electron chi connectivity index (χ3n) is 4.82. The lowest BCUT2D eigenvalue weighted by molar-refractivity contribution is 0.122. The first kappa shape index (κ1) is 20.0. The third kappa shape index (κ3) is 4.22. The zero-order valence-corrected chi connectivity index (χ0v) is 16.5. The van der Waals surface area contributed by atoms with Gasteiger partial charge in [-0.2, -0.15) is 0 Å². The highest BCUT2D eigenvalue weighted by Crippen LogP contribution is 2.18. The Hall–Kier alpha value is -2.74. The van der Waals surface area contributed by atoms with Gasteiger partial charge in [-0.25, -0.2) is 4.79 Å². The molecule has 2 aromatic rings. The molecule has 1 aromatic heterocycles. The van der Waals surface area contributed by atoms with Crippen LogP contribution < -0.4 is 26.6 Å². The second-order valence-corrected chi connectivity index (χ2v) is 6.89. The molecule has 0 unspecified atom stereocenters. The molecule has 8 heteroatoms. The summed E-state index contributed by atoms with van der Waals surface area (Å²) >= 11 is 0. The van der Waals surface area contributed by atoms with Crippen LogP contribution in [0, 0.1) is 6.92 Å². The van der Waals surface area contributed by atoms with E-state index in [0.717, 1.165) is 12.0 Å². The van der Waals surface area contributed by atoms with Crippen molar-refractivity contribution in [2.24, 2.45) is 0 Å². The van der Waals surface area contributed by atoms with Gasteiger partial charge in [-0.3, -0.25) is 13.9 Å². The fourth-order valence-corrected chi connectivity index (χ4v) is 3.31. The number of nitrogen functional groups attached to an aromatic ring is 1. The summed E-state index contributed by atoms with van der Waals surface area (Å²) in [5.74, 6) is 0.936. The lowest BCUT2D eigenvalue weighted by Crippen LogP contribution is -2.47. The summed E-state index contributed by atoms with van der Waals surface area (Å²) in [6.07, 6.45) is 0.741. The van der Waals surface area contributed by atoms with Crippen LogP contribution in [-0.4, -0.2) is 42.0 Å². The van der Waals surface area contributed by atoms with Gasteiger partial charge in [0.2, 0.25) is 0 Å². The quantitative estimate of drug-likeness (QED) is 0.767. The number of aryl methyl sites for hydroxylation is 1. The lowest BCUT2D eigenvalue weighted by Gasteiger charge is -2.30. The molecule has 0 saturated carbocycles. The average Bonchev–Trinajstić information content (AvgIpc) is 2.70. The van der Waals surface area contributed by atoms with Crippen molar-refractivity contribution in [1.29, 1.82) is 0 Å². The Bertz CT molecular complexity index is 912. The van der Waals surface area contributed by atoms with Gasteiger partial charge in [-0.1, -0.05) is 24.6 Å². The fraction of sp³-hybridized carbons (Fsp3) is 0.500. The smallest absolute Gasteiger partial charge is 0.332 e. The summed E-state index contributed by atoms with van der Waals surface area (Å²) in [7, 11) is 0. The summed E-state index contributed by atoms with van der Waals surface area (Å²) in [6.45, 7) is 7.01. The Kier molecular flexibility index (Phi) is 6.41. The maximum atomic E-state index is 13.1. The SMILES string of the molecule is CCCn1c(N)c(N2CCOCC2)c(=O)n(CCOc2ccc(C)cc2)c1=O. The highest BCUT2D eigenvalue weighted by molar-refractivity contribution is 5.62. The van der Waals surface area contributed by atoms with Gasteiger partial charge in [0, 0.05) is 19.6 Å². The predicted molar refractivity (Wildman–Crippen MR) is 109 cm³/mol. The van der Waals surface area contributed by atoms with Gasteiger partial charge < -0.3 is 20.1 Å². The van der Waals surface area contributed by atoms with Crippen LogP contribution in [-0.2, 0) is 17.8 Å². The molecule has 0 amide bonds. The topological polar surface area (TPSA) is 91.7 Å². The Labute approximate surface area is 164 Å². The molecule has 0 spiro atoms. The number of benzene rings is 1. The van der Waals surface area contributed by atoms with Crippen molar-refractivity contribution in [3.8, 4) is 5.75 Å². The first-order chi connectivity index (χ1) is 13.5. The number of rotatable bonds is 7. The molecule has 8 nitrogen and oxygen atoms in total. The van der Waals surface area contributed by atoms with E-state index in [1.54, 1.807) is 0 Å². The van der Waals surface area contributed by atoms with Gasteiger partial charge >= 0.3 is 5.69 Å². The second kappa shape index (κ2) is 8.97. The number of aromatic nitrogens is 2. The zero-order chi connectivity index (χ0) is 20.1. The van der Waals surface area contributed by atoms with Crippen molar-refractivity contribution >= 4 is 11.5 Å². The summed E-state index contributed by atoms with van der Waals surface area (Å²) in [5, 5.41) is 0.